The molecule has 7 rings (SSSR count). The van der Waals surface area contributed by atoms with Crippen LogP contribution in [0.2, 0.25) is 0 Å². The first-order valence-corrected chi connectivity index (χ1v) is 18.2. The van der Waals surface area contributed by atoms with Gasteiger partial charge in [-0.05, 0) is 60.7 Å². The molecule has 0 unspecified atom stereocenters. The minimum Gasteiger partial charge on any atom is -0.487 e. The molecule has 0 saturated heterocycles. The summed E-state index contributed by atoms with van der Waals surface area (Å²) in [6.07, 6.45) is -0.132. The lowest BCUT2D eigenvalue weighted by molar-refractivity contribution is 0.0628. The van der Waals surface area contributed by atoms with Crippen molar-refractivity contribution in [2.45, 2.75) is 12.8 Å². The zero-order valence-corrected chi connectivity index (χ0v) is 30.4. The molecule has 0 atom stereocenters. The van der Waals surface area contributed by atoms with Crippen LogP contribution in [-0.4, -0.2) is 111 Å². The highest BCUT2D eigenvalue weighted by Gasteiger charge is 2.36. The van der Waals surface area contributed by atoms with Crippen LogP contribution < -0.4 is 18.9 Å². The predicted molar refractivity (Wildman–Crippen MR) is 198 cm³/mol. The van der Waals surface area contributed by atoms with Gasteiger partial charge in [0.05, 0.1) is 48.7 Å². The van der Waals surface area contributed by atoms with Crippen LogP contribution in [-0.2, 0) is 9.47 Å². The number of rotatable bonds is 8. The molecule has 0 saturated carbocycles. The second-order valence-electron chi connectivity index (χ2n) is 12.9. The average Bonchev–Trinajstić information content (AvgIpc) is 3.61. The zero-order chi connectivity index (χ0) is 39.0. The summed E-state index contributed by atoms with van der Waals surface area (Å²) in [5.41, 5.74) is 1.98. The van der Waals surface area contributed by atoms with E-state index in [1.165, 1.54) is 0 Å². The lowest BCUT2D eigenvalue weighted by atomic mass is 10.1. The van der Waals surface area contributed by atoms with Gasteiger partial charge < -0.3 is 28.4 Å². The van der Waals surface area contributed by atoms with Gasteiger partial charge in [0.1, 0.15) is 26.4 Å². The molecule has 3 heterocycles. The molecule has 0 aliphatic carbocycles. The van der Waals surface area contributed by atoms with Crippen molar-refractivity contribution >= 4 is 35.2 Å². The van der Waals surface area contributed by atoms with Gasteiger partial charge in [0, 0.05) is 37.1 Å². The highest BCUT2D eigenvalue weighted by molar-refractivity contribution is 6.22. The van der Waals surface area contributed by atoms with Gasteiger partial charge in [0.25, 0.3) is 23.6 Å². The summed E-state index contributed by atoms with van der Waals surface area (Å²) >= 11 is 0. The third-order valence-corrected chi connectivity index (χ3v) is 9.35. The third-order valence-electron chi connectivity index (χ3n) is 9.35. The molecule has 56 heavy (non-hydrogen) atoms. The van der Waals surface area contributed by atoms with E-state index in [1.807, 2.05) is 0 Å². The number of fused-ring (bicyclic) bond motifs is 4. The molecule has 4 amide bonds. The van der Waals surface area contributed by atoms with Crippen LogP contribution in [0.15, 0.2) is 84.9 Å². The zero-order valence-electron chi connectivity index (χ0n) is 30.4. The Morgan fingerprint density at radius 3 is 1.09 bits per heavy atom. The number of imide groups is 2. The molecule has 0 bridgehead atoms. The van der Waals surface area contributed by atoms with Gasteiger partial charge in [-0.3, -0.25) is 38.6 Å². The van der Waals surface area contributed by atoms with Gasteiger partial charge in [-0.25, -0.2) is 0 Å². The lowest BCUT2D eigenvalue weighted by Crippen LogP contribution is -2.31. The quantitative estimate of drug-likeness (QED) is 0.180. The van der Waals surface area contributed by atoms with E-state index >= 15 is 0 Å². The summed E-state index contributed by atoms with van der Waals surface area (Å²) in [6.45, 7) is 1.25. The number of carbonyl (C=O) groups is 6. The van der Waals surface area contributed by atoms with E-state index in [4.69, 9.17) is 28.4 Å². The van der Waals surface area contributed by atoms with E-state index in [-0.39, 0.29) is 90.4 Å². The molecule has 3 aliphatic heterocycles. The SMILES string of the molecule is O=C(CCN1C(=O)c2ccccc2C1=O)c1ccc2c(c1)OCCOCCOc1ccc(C(=O)CCN3C(=O)c4ccccc4C3=O)cc1OCCOCCO2. The lowest BCUT2D eigenvalue weighted by Gasteiger charge is -2.17. The van der Waals surface area contributed by atoms with Gasteiger partial charge in [-0.15, -0.1) is 0 Å². The fraction of sp³-hybridized carbons (Fsp3) is 0.286. The van der Waals surface area contributed by atoms with E-state index in [0.717, 1.165) is 9.80 Å². The van der Waals surface area contributed by atoms with Crippen LogP contribution in [0.25, 0.3) is 0 Å². The minimum absolute atomic E-state index is 0.0540. The summed E-state index contributed by atoms with van der Waals surface area (Å²) in [4.78, 5) is 79.5. The highest BCUT2D eigenvalue weighted by Crippen LogP contribution is 2.31. The maximum absolute atomic E-state index is 13.2. The van der Waals surface area contributed by atoms with Gasteiger partial charge in [-0.1, -0.05) is 24.3 Å². The molecule has 0 fully saturated rings. The Hall–Kier alpha value is -6.38. The predicted octanol–water partition coefficient (Wildman–Crippen LogP) is 4.69. The van der Waals surface area contributed by atoms with E-state index in [0.29, 0.717) is 56.4 Å². The number of ketones is 2. The number of benzene rings is 4. The second-order valence-corrected chi connectivity index (χ2v) is 12.9. The highest BCUT2D eigenvalue weighted by atomic mass is 16.6. The Labute approximate surface area is 321 Å². The van der Waals surface area contributed by atoms with Crippen molar-refractivity contribution in [3.63, 3.8) is 0 Å². The molecular formula is C42H38N2O12. The fourth-order valence-corrected chi connectivity index (χ4v) is 6.47. The van der Waals surface area contributed by atoms with E-state index in [9.17, 15) is 28.8 Å². The molecule has 0 radical (unpaired) electrons. The number of carbonyl (C=O) groups excluding carboxylic acids is 6. The van der Waals surface area contributed by atoms with Crippen LogP contribution in [0, 0.1) is 0 Å². The average molecular weight is 763 g/mol. The maximum atomic E-state index is 13.2. The summed E-state index contributed by atoms with van der Waals surface area (Å²) in [6, 6.07) is 22.7. The Bertz CT molecular complexity index is 1960. The molecular weight excluding hydrogens is 724 g/mol. The first-order chi connectivity index (χ1) is 27.3. The largest absolute Gasteiger partial charge is 0.487 e. The summed E-state index contributed by atoms with van der Waals surface area (Å²) in [5, 5.41) is 0. The standard InChI is InChI=1S/C42H38N2O12/c45-33(13-15-43-39(47)29-5-1-2-6-30(29)40(43)48)27-9-11-35-37(25-27)55-23-19-51-18-22-54-36-12-10-28(26-38(36)56-24-20-52-17-21-53-35)34(46)14-16-44-41(49)31-7-3-4-8-32(31)42(44)50/h1-12,25-26H,13-24H2. The molecule has 0 N–H and O–H groups in total. The van der Waals surface area contributed by atoms with E-state index in [2.05, 4.69) is 0 Å². The smallest absolute Gasteiger partial charge is 0.261 e. The number of hydrogen-bond donors (Lipinski definition) is 0. The minimum atomic E-state index is -0.418. The van der Waals surface area contributed by atoms with Crippen molar-refractivity contribution in [3.8, 4) is 23.0 Å². The van der Waals surface area contributed by atoms with Gasteiger partial charge >= 0.3 is 0 Å². The van der Waals surface area contributed by atoms with E-state index in [1.54, 1.807) is 84.9 Å². The van der Waals surface area contributed by atoms with Crippen molar-refractivity contribution in [3.05, 3.63) is 118 Å². The van der Waals surface area contributed by atoms with Gasteiger partial charge in [0.2, 0.25) is 0 Å². The Balaban J connectivity index is 0.923. The summed E-state index contributed by atoms with van der Waals surface area (Å²) in [7, 11) is 0. The van der Waals surface area contributed by atoms with Gasteiger partial charge in [-0.2, -0.15) is 0 Å². The second kappa shape index (κ2) is 17.4. The topological polar surface area (TPSA) is 164 Å². The Kier molecular flexibility index (Phi) is 11.8. The molecule has 288 valence electrons. The molecule has 3 aliphatic rings. The summed E-state index contributed by atoms with van der Waals surface area (Å²) < 4.78 is 35.2. The van der Waals surface area contributed by atoms with Crippen molar-refractivity contribution < 1.29 is 57.2 Å². The molecule has 0 spiro atoms. The van der Waals surface area contributed by atoms with Crippen LogP contribution >= 0.6 is 0 Å². The van der Waals surface area contributed by atoms with Gasteiger partial charge in [0.15, 0.2) is 34.6 Å². The van der Waals surface area contributed by atoms with Crippen LogP contribution in [0.5, 0.6) is 23.0 Å². The Morgan fingerprint density at radius 1 is 0.429 bits per heavy atom. The number of ether oxygens (including phenoxy) is 6. The number of Topliss-reactive ketones (excluding diaryl/α,β-unsaturated/α-hetero) is 2. The Morgan fingerprint density at radius 2 is 0.750 bits per heavy atom. The number of nitrogens with zero attached hydrogens (tertiary/aromatic N) is 2. The first-order valence-electron chi connectivity index (χ1n) is 18.2. The van der Waals surface area contributed by atoms with Crippen LogP contribution in [0.1, 0.15) is 75.0 Å². The molecule has 0 aromatic heterocycles. The van der Waals surface area contributed by atoms with Crippen molar-refractivity contribution in [2.75, 3.05) is 65.9 Å². The van der Waals surface area contributed by atoms with Crippen molar-refractivity contribution in [2.24, 2.45) is 0 Å². The fourth-order valence-electron chi connectivity index (χ4n) is 6.47. The van der Waals surface area contributed by atoms with Crippen LogP contribution in [0.3, 0.4) is 0 Å². The van der Waals surface area contributed by atoms with E-state index < -0.39 is 23.6 Å². The number of amides is 4. The third kappa shape index (κ3) is 8.31. The molecule has 4 aromatic rings. The maximum Gasteiger partial charge on any atom is 0.261 e. The molecule has 4 aromatic carbocycles. The normalized spacial score (nSPS) is 16.2. The molecule has 14 nitrogen and oxygen atoms in total. The molecule has 14 heteroatoms. The first kappa shape index (κ1) is 37.9. The number of hydrogen-bond acceptors (Lipinski definition) is 12. The van der Waals surface area contributed by atoms with Crippen molar-refractivity contribution in [1.29, 1.82) is 0 Å². The summed E-state index contributed by atoms with van der Waals surface area (Å²) in [5.74, 6) is -0.801. The van der Waals surface area contributed by atoms with Crippen molar-refractivity contribution in [1.82, 2.24) is 9.80 Å². The monoisotopic (exact) mass is 762 g/mol. The van der Waals surface area contributed by atoms with Crippen LogP contribution in [0.4, 0.5) is 0 Å².